The van der Waals surface area contributed by atoms with Crippen molar-refractivity contribution in [2.24, 2.45) is 0 Å². The zero-order valence-corrected chi connectivity index (χ0v) is 25.3. The Labute approximate surface area is 252 Å². The molecule has 200 valence electrons. The first-order chi connectivity index (χ1) is 18.4. The molecule has 6 heteroatoms. The molecule has 1 aromatic heterocycles. The Morgan fingerprint density at radius 3 is 2.38 bits per heavy atom. The zero-order valence-electron chi connectivity index (χ0n) is 22.4. The van der Waals surface area contributed by atoms with Crippen molar-refractivity contribution in [3.8, 4) is 5.88 Å². The molecule has 0 amide bonds. The van der Waals surface area contributed by atoms with Crippen molar-refractivity contribution in [3.63, 3.8) is 0 Å². The second kappa shape index (κ2) is 11.0. The van der Waals surface area contributed by atoms with E-state index in [0.717, 1.165) is 39.5 Å². The van der Waals surface area contributed by atoms with Crippen LogP contribution in [-0.4, -0.2) is 43.9 Å². The van der Waals surface area contributed by atoms with Crippen molar-refractivity contribution in [2.75, 3.05) is 34.5 Å². The molecular weight excluding hydrogens is 619 g/mol. The fourth-order valence-corrected chi connectivity index (χ4v) is 6.13. The van der Waals surface area contributed by atoms with Gasteiger partial charge in [0.15, 0.2) is 6.73 Å². The summed E-state index contributed by atoms with van der Waals surface area (Å²) < 4.78 is 13.9. The number of halogens is 2. The van der Waals surface area contributed by atoms with Gasteiger partial charge in [-0.2, -0.15) is 0 Å². The molecule has 5 aromatic rings. The van der Waals surface area contributed by atoms with Crippen molar-refractivity contribution in [1.82, 2.24) is 4.98 Å². The Kier molecular flexibility index (Phi) is 7.89. The van der Waals surface area contributed by atoms with Gasteiger partial charge in [-0.05, 0) is 46.2 Å². The van der Waals surface area contributed by atoms with Gasteiger partial charge in [0, 0.05) is 28.3 Å². The van der Waals surface area contributed by atoms with Crippen molar-refractivity contribution in [3.05, 3.63) is 119 Å². The number of aromatic nitrogens is 1. The molecule has 0 radical (unpaired) electrons. The fraction of sp³-hybridized carbons (Fsp3) is 0.242. The van der Waals surface area contributed by atoms with Crippen LogP contribution >= 0.6 is 11.6 Å². The molecule has 2 heterocycles. The van der Waals surface area contributed by atoms with Gasteiger partial charge >= 0.3 is 0 Å². The second-order valence-corrected chi connectivity index (χ2v) is 11.3. The lowest BCUT2D eigenvalue weighted by Gasteiger charge is -2.49. The van der Waals surface area contributed by atoms with Crippen LogP contribution in [0.4, 0.5) is 0 Å². The van der Waals surface area contributed by atoms with Crippen molar-refractivity contribution >= 4 is 33.3 Å². The van der Waals surface area contributed by atoms with E-state index in [-0.39, 0.29) is 29.9 Å². The molecular formula is C33H32ClIN2O2. The number of hydrogen-bond donors (Lipinski definition) is 0. The number of pyridine rings is 1. The van der Waals surface area contributed by atoms with Crippen LogP contribution in [0.1, 0.15) is 29.0 Å². The van der Waals surface area contributed by atoms with Crippen LogP contribution in [0.5, 0.6) is 5.88 Å². The number of quaternary nitrogens is 1. The van der Waals surface area contributed by atoms with E-state index in [9.17, 15) is 0 Å². The topological polar surface area (TPSA) is 31.4 Å². The molecule has 0 N–H and O–H groups in total. The third kappa shape index (κ3) is 5.13. The van der Waals surface area contributed by atoms with Gasteiger partial charge in [0.25, 0.3) is 0 Å². The summed E-state index contributed by atoms with van der Waals surface area (Å²) in [5, 5.41) is 4.08. The highest BCUT2D eigenvalue weighted by Crippen LogP contribution is 2.52. The molecule has 1 aliphatic heterocycles. The van der Waals surface area contributed by atoms with Gasteiger partial charge in [0.05, 0.1) is 33.3 Å². The molecule has 1 fully saturated rings. The summed E-state index contributed by atoms with van der Waals surface area (Å²) >= 11 is 6.42. The van der Waals surface area contributed by atoms with Crippen molar-refractivity contribution in [1.29, 1.82) is 0 Å². The van der Waals surface area contributed by atoms with Gasteiger partial charge in [0.1, 0.15) is 5.60 Å². The number of fused-ring (bicyclic) bond motifs is 2. The van der Waals surface area contributed by atoms with E-state index in [1.165, 1.54) is 16.3 Å². The molecule has 39 heavy (non-hydrogen) atoms. The number of rotatable bonds is 5. The van der Waals surface area contributed by atoms with Gasteiger partial charge < -0.3 is 37.9 Å². The molecule has 0 spiro atoms. The van der Waals surface area contributed by atoms with Crippen molar-refractivity contribution in [2.45, 2.75) is 17.9 Å². The average molecular weight is 651 g/mol. The van der Waals surface area contributed by atoms with E-state index >= 15 is 0 Å². The number of methoxy groups -OCH3 is 1. The summed E-state index contributed by atoms with van der Waals surface area (Å²) in [6.45, 7) is 1.57. The summed E-state index contributed by atoms with van der Waals surface area (Å²) in [7, 11) is 6.15. The summed E-state index contributed by atoms with van der Waals surface area (Å²) in [6.07, 6.45) is 0.838. The van der Waals surface area contributed by atoms with E-state index < -0.39 is 5.60 Å². The van der Waals surface area contributed by atoms with Gasteiger partial charge in [-0.15, -0.1) is 0 Å². The molecule has 1 saturated heterocycles. The summed E-state index contributed by atoms with van der Waals surface area (Å²) in [5.41, 5.74) is 3.56. The SMILES string of the molecule is COc1nc2ccc(Cl)cc2cc1[C@@H](c1ccccc1)[C@@]1(c2cccc3ccccc23)CC[N+](C)(C)CO1.[I-]. The monoisotopic (exact) mass is 650 g/mol. The predicted octanol–water partition coefficient (Wildman–Crippen LogP) is 4.54. The minimum atomic E-state index is -0.642. The first-order valence-corrected chi connectivity index (χ1v) is 13.4. The largest absolute Gasteiger partial charge is 1.00 e. The molecule has 4 aromatic carbocycles. The highest BCUT2D eigenvalue weighted by molar-refractivity contribution is 6.31. The number of benzene rings is 4. The first kappa shape index (κ1) is 27.8. The van der Waals surface area contributed by atoms with Crippen LogP contribution in [0, 0.1) is 0 Å². The van der Waals surface area contributed by atoms with E-state index in [0.29, 0.717) is 17.6 Å². The Balaban J connectivity index is 0.00000308. The summed E-state index contributed by atoms with van der Waals surface area (Å²) in [4.78, 5) is 4.95. The van der Waals surface area contributed by atoms with Crippen LogP contribution < -0.4 is 28.7 Å². The fourth-order valence-electron chi connectivity index (χ4n) is 5.95. The number of nitrogens with zero attached hydrogens (tertiary/aromatic N) is 2. The lowest BCUT2D eigenvalue weighted by Crippen LogP contribution is -3.00. The summed E-state index contributed by atoms with van der Waals surface area (Å²) in [5.74, 6) is 0.442. The molecule has 0 aliphatic carbocycles. The molecule has 6 rings (SSSR count). The standard InChI is InChI=1S/C33H32ClN2O2.HI/c1-36(2)19-18-33(38-22-36,29-15-9-13-23-10-7-8-14-27(23)29)31(24-11-5-4-6-12-24)28-21-25-20-26(34)16-17-30(25)35-32(28)37-3;/h4-17,20-21,31H,18-19,22H2,1-3H3;1H/q+1;/p-1/t31-,33+;/m1./s1. The van der Waals surface area contributed by atoms with E-state index in [2.05, 4.69) is 93.0 Å². The Morgan fingerprint density at radius 1 is 0.897 bits per heavy atom. The molecule has 1 aliphatic rings. The average Bonchev–Trinajstić information content (AvgIpc) is 2.94. The Morgan fingerprint density at radius 2 is 1.64 bits per heavy atom. The molecule has 0 bridgehead atoms. The quantitative estimate of drug-likeness (QED) is 0.207. The highest BCUT2D eigenvalue weighted by atomic mass is 127. The lowest BCUT2D eigenvalue weighted by atomic mass is 9.70. The normalized spacial score (nSPS) is 19.4. The number of hydrogen-bond acceptors (Lipinski definition) is 3. The van der Waals surface area contributed by atoms with Gasteiger partial charge in [-0.25, -0.2) is 4.98 Å². The van der Waals surface area contributed by atoms with Gasteiger partial charge in [0.2, 0.25) is 5.88 Å². The lowest BCUT2D eigenvalue weighted by molar-refractivity contribution is -0.922. The number of ether oxygens (including phenoxy) is 2. The van der Waals surface area contributed by atoms with Crippen LogP contribution in [-0.2, 0) is 10.3 Å². The minimum absolute atomic E-state index is 0. The highest BCUT2D eigenvalue weighted by Gasteiger charge is 2.50. The molecule has 0 saturated carbocycles. The minimum Gasteiger partial charge on any atom is -1.00 e. The van der Waals surface area contributed by atoms with Crippen LogP contribution in [0.25, 0.3) is 21.7 Å². The summed E-state index contributed by atoms with van der Waals surface area (Å²) in [6, 6.07) is 33.8. The van der Waals surface area contributed by atoms with E-state index in [4.69, 9.17) is 26.1 Å². The van der Waals surface area contributed by atoms with Crippen LogP contribution in [0.2, 0.25) is 5.02 Å². The zero-order chi connectivity index (χ0) is 26.3. The van der Waals surface area contributed by atoms with Crippen LogP contribution in [0.3, 0.4) is 0 Å². The smallest absolute Gasteiger partial charge is 0.217 e. The maximum Gasteiger partial charge on any atom is 0.217 e. The first-order valence-electron chi connectivity index (χ1n) is 13.0. The third-order valence-corrected chi connectivity index (χ3v) is 8.11. The molecule has 4 nitrogen and oxygen atoms in total. The van der Waals surface area contributed by atoms with E-state index in [1.54, 1.807) is 7.11 Å². The maximum atomic E-state index is 7.14. The Bertz CT molecular complexity index is 1610. The van der Waals surface area contributed by atoms with E-state index in [1.807, 2.05) is 18.2 Å². The van der Waals surface area contributed by atoms with Gasteiger partial charge in [-0.1, -0.05) is 84.4 Å². The van der Waals surface area contributed by atoms with Crippen LogP contribution in [0.15, 0.2) is 97.1 Å². The maximum absolute atomic E-state index is 7.14. The Hall–Kier alpha value is -2.71. The predicted molar refractivity (Wildman–Crippen MR) is 155 cm³/mol. The molecule has 0 unspecified atom stereocenters. The second-order valence-electron chi connectivity index (χ2n) is 10.9. The molecule has 2 atom stereocenters. The van der Waals surface area contributed by atoms with Gasteiger partial charge in [-0.3, -0.25) is 0 Å². The van der Waals surface area contributed by atoms with Crippen molar-refractivity contribution < 1.29 is 37.9 Å². The third-order valence-electron chi connectivity index (χ3n) is 7.88.